The maximum Gasteiger partial charge on any atom is 0.291 e. The molecule has 0 fully saturated rings. The minimum atomic E-state index is -0.631. The SMILES string of the molecule is Cc1cc(C)c2oc3c(c(=O)c2c1)C(c1cccc(OCCC(C)C)c1)N(Cc1ccccc1Cl)C3=O. The fraction of sp³-hybridized carbons (Fsp3) is 0.290. The molecule has 1 aliphatic rings. The van der Waals surface area contributed by atoms with Crippen molar-refractivity contribution in [2.75, 3.05) is 6.61 Å². The zero-order valence-corrected chi connectivity index (χ0v) is 22.3. The maximum atomic E-state index is 14.0. The zero-order valence-electron chi connectivity index (χ0n) is 21.5. The number of rotatable bonds is 7. The molecule has 5 rings (SSSR count). The Morgan fingerprint density at radius 1 is 1.03 bits per heavy atom. The minimum absolute atomic E-state index is 0.0904. The number of hydrogen-bond donors (Lipinski definition) is 0. The van der Waals surface area contributed by atoms with Gasteiger partial charge in [-0.2, -0.15) is 0 Å². The highest BCUT2D eigenvalue weighted by Crippen LogP contribution is 2.41. The van der Waals surface area contributed by atoms with Crippen LogP contribution in [0.25, 0.3) is 11.0 Å². The first-order valence-corrected chi connectivity index (χ1v) is 13.0. The summed E-state index contributed by atoms with van der Waals surface area (Å²) in [5.41, 5.74) is 3.99. The van der Waals surface area contributed by atoms with Gasteiger partial charge in [0, 0.05) is 11.6 Å². The van der Waals surface area contributed by atoms with Crippen LogP contribution in [0.5, 0.6) is 5.75 Å². The van der Waals surface area contributed by atoms with Gasteiger partial charge < -0.3 is 14.1 Å². The Morgan fingerprint density at radius 2 is 1.81 bits per heavy atom. The minimum Gasteiger partial charge on any atom is -0.494 e. The molecule has 0 saturated carbocycles. The van der Waals surface area contributed by atoms with Gasteiger partial charge in [0.25, 0.3) is 5.91 Å². The molecule has 2 heterocycles. The summed E-state index contributed by atoms with van der Waals surface area (Å²) in [5.74, 6) is 0.990. The van der Waals surface area contributed by atoms with Crippen LogP contribution in [0.2, 0.25) is 5.02 Å². The van der Waals surface area contributed by atoms with Gasteiger partial charge in [-0.15, -0.1) is 0 Å². The lowest BCUT2D eigenvalue weighted by Gasteiger charge is -2.26. The lowest BCUT2D eigenvalue weighted by atomic mass is 9.97. The Morgan fingerprint density at radius 3 is 2.57 bits per heavy atom. The molecule has 0 radical (unpaired) electrons. The number of benzene rings is 3. The number of nitrogens with zero attached hydrogens (tertiary/aromatic N) is 1. The quantitative estimate of drug-likeness (QED) is 0.260. The predicted octanol–water partition coefficient (Wildman–Crippen LogP) is 7.23. The largest absolute Gasteiger partial charge is 0.494 e. The Kier molecular flexibility index (Phi) is 6.82. The molecule has 190 valence electrons. The molecule has 0 spiro atoms. The number of ether oxygens (including phenoxy) is 1. The molecule has 0 N–H and O–H groups in total. The highest BCUT2D eigenvalue weighted by molar-refractivity contribution is 6.31. The molecule has 3 aromatic carbocycles. The van der Waals surface area contributed by atoms with E-state index in [0.29, 0.717) is 39.8 Å². The van der Waals surface area contributed by atoms with E-state index in [2.05, 4.69) is 13.8 Å². The van der Waals surface area contributed by atoms with Crippen molar-refractivity contribution in [2.45, 2.75) is 46.7 Å². The molecule has 5 nitrogen and oxygen atoms in total. The van der Waals surface area contributed by atoms with Crippen molar-refractivity contribution >= 4 is 28.5 Å². The molecule has 1 unspecified atom stereocenters. The molecule has 1 aromatic heterocycles. The van der Waals surface area contributed by atoms with Crippen LogP contribution < -0.4 is 10.2 Å². The second-order valence-electron chi connectivity index (χ2n) is 10.2. The van der Waals surface area contributed by atoms with E-state index < -0.39 is 6.04 Å². The van der Waals surface area contributed by atoms with Gasteiger partial charge in [-0.05, 0) is 72.7 Å². The normalized spacial score (nSPS) is 15.0. The van der Waals surface area contributed by atoms with Crippen LogP contribution in [0.1, 0.15) is 64.7 Å². The summed E-state index contributed by atoms with van der Waals surface area (Å²) in [6, 6.07) is 18.2. The number of carbonyl (C=O) groups is 1. The van der Waals surface area contributed by atoms with E-state index in [-0.39, 0.29) is 23.6 Å². The number of hydrogen-bond acceptors (Lipinski definition) is 4. The second kappa shape index (κ2) is 10.1. The van der Waals surface area contributed by atoms with E-state index in [0.717, 1.165) is 28.7 Å². The Hall–Kier alpha value is -3.57. The van der Waals surface area contributed by atoms with Crippen LogP contribution >= 0.6 is 11.6 Å². The summed E-state index contributed by atoms with van der Waals surface area (Å²) in [4.78, 5) is 29.4. The number of halogens is 1. The number of fused-ring (bicyclic) bond motifs is 2. The van der Waals surface area contributed by atoms with Crippen molar-refractivity contribution in [3.8, 4) is 5.75 Å². The number of aryl methyl sites for hydroxylation is 2. The van der Waals surface area contributed by atoms with Crippen molar-refractivity contribution in [2.24, 2.45) is 5.92 Å². The van der Waals surface area contributed by atoms with Gasteiger partial charge in [-0.3, -0.25) is 9.59 Å². The summed E-state index contributed by atoms with van der Waals surface area (Å²) in [5, 5.41) is 1.05. The molecule has 1 amide bonds. The highest BCUT2D eigenvalue weighted by atomic mass is 35.5. The predicted molar refractivity (Wildman–Crippen MR) is 147 cm³/mol. The van der Waals surface area contributed by atoms with Crippen LogP contribution in [0.15, 0.2) is 69.9 Å². The van der Waals surface area contributed by atoms with Crippen molar-refractivity contribution in [3.05, 3.63) is 109 Å². The fourth-order valence-electron chi connectivity index (χ4n) is 4.98. The molecule has 4 aromatic rings. The van der Waals surface area contributed by atoms with Crippen molar-refractivity contribution in [1.82, 2.24) is 4.90 Å². The highest BCUT2D eigenvalue weighted by Gasteiger charge is 2.43. The van der Waals surface area contributed by atoms with Crippen molar-refractivity contribution in [3.63, 3.8) is 0 Å². The lowest BCUT2D eigenvalue weighted by molar-refractivity contribution is 0.0714. The van der Waals surface area contributed by atoms with E-state index in [1.165, 1.54) is 0 Å². The van der Waals surface area contributed by atoms with Crippen LogP contribution in [0, 0.1) is 19.8 Å². The number of amides is 1. The van der Waals surface area contributed by atoms with Crippen molar-refractivity contribution < 1.29 is 13.9 Å². The molecular formula is C31H30ClNO4. The van der Waals surface area contributed by atoms with E-state index in [9.17, 15) is 9.59 Å². The topological polar surface area (TPSA) is 59.8 Å². The van der Waals surface area contributed by atoms with Crippen LogP contribution in [0.3, 0.4) is 0 Å². The smallest absolute Gasteiger partial charge is 0.291 e. The van der Waals surface area contributed by atoms with E-state index in [4.69, 9.17) is 20.8 Å². The maximum absolute atomic E-state index is 14.0. The van der Waals surface area contributed by atoms with Crippen LogP contribution in [-0.2, 0) is 6.54 Å². The Balaban J connectivity index is 1.66. The summed E-state index contributed by atoms with van der Waals surface area (Å²) in [6.45, 7) is 8.97. The van der Waals surface area contributed by atoms with Gasteiger partial charge in [-0.25, -0.2) is 0 Å². The average Bonchev–Trinajstić information content (AvgIpc) is 3.13. The third kappa shape index (κ3) is 4.76. The third-order valence-electron chi connectivity index (χ3n) is 6.83. The zero-order chi connectivity index (χ0) is 26.3. The van der Waals surface area contributed by atoms with E-state index in [1.807, 2.05) is 68.4 Å². The summed E-state index contributed by atoms with van der Waals surface area (Å²) in [7, 11) is 0. The van der Waals surface area contributed by atoms with Gasteiger partial charge in [-0.1, -0.05) is 61.8 Å². The first-order chi connectivity index (χ1) is 17.7. The fourth-order valence-corrected chi connectivity index (χ4v) is 5.18. The van der Waals surface area contributed by atoms with Gasteiger partial charge in [0.05, 0.1) is 23.6 Å². The summed E-state index contributed by atoms with van der Waals surface area (Å²) < 4.78 is 12.2. The molecule has 1 atom stereocenters. The molecule has 0 aliphatic carbocycles. The second-order valence-corrected chi connectivity index (χ2v) is 10.6. The monoisotopic (exact) mass is 515 g/mol. The average molecular weight is 516 g/mol. The molecule has 0 saturated heterocycles. The van der Waals surface area contributed by atoms with Gasteiger partial charge in [0.15, 0.2) is 5.43 Å². The Labute approximate surface area is 221 Å². The third-order valence-corrected chi connectivity index (χ3v) is 7.20. The molecule has 6 heteroatoms. The molecule has 1 aliphatic heterocycles. The van der Waals surface area contributed by atoms with Gasteiger partial charge in [0.2, 0.25) is 5.76 Å². The van der Waals surface area contributed by atoms with Crippen LogP contribution in [0.4, 0.5) is 0 Å². The molecule has 0 bridgehead atoms. The Bertz CT molecular complexity index is 1560. The van der Waals surface area contributed by atoms with E-state index in [1.54, 1.807) is 11.0 Å². The van der Waals surface area contributed by atoms with Crippen molar-refractivity contribution in [1.29, 1.82) is 0 Å². The first kappa shape index (κ1) is 25.1. The number of carbonyl (C=O) groups excluding carboxylic acids is 1. The summed E-state index contributed by atoms with van der Waals surface area (Å²) in [6.07, 6.45) is 0.932. The summed E-state index contributed by atoms with van der Waals surface area (Å²) >= 11 is 6.48. The van der Waals surface area contributed by atoms with E-state index >= 15 is 0 Å². The standard InChI is InChI=1S/C31H30ClNO4/c1-18(2)12-13-36-23-10-7-9-21(16-23)27-26-28(34)24-15-19(3)14-20(4)29(24)37-30(26)31(35)33(27)17-22-8-5-6-11-25(22)32/h5-11,14-16,18,27H,12-13,17H2,1-4H3. The first-order valence-electron chi connectivity index (χ1n) is 12.6. The van der Waals surface area contributed by atoms with Gasteiger partial charge >= 0.3 is 0 Å². The van der Waals surface area contributed by atoms with Crippen LogP contribution in [-0.4, -0.2) is 17.4 Å². The lowest BCUT2D eigenvalue weighted by Crippen LogP contribution is -2.29. The van der Waals surface area contributed by atoms with Gasteiger partial charge in [0.1, 0.15) is 11.3 Å². The molecule has 37 heavy (non-hydrogen) atoms. The molecular weight excluding hydrogens is 486 g/mol.